The van der Waals surface area contributed by atoms with Crippen molar-refractivity contribution >= 4 is 28.5 Å². The molecular weight excluding hydrogens is 252 g/mol. The second-order valence-electron chi connectivity index (χ2n) is 4.04. The second kappa shape index (κ2) is 4.90. The first kappa shape index (κ1) is 12.8. The standard InChI is InChI=1S/C13H13ClN2O2/c1-4-18-13(17)12-11(14)9-5-7(2)8(3)6-10(9)15-16-12/h5-6H,4H2,1-3H3. The van der Waals surface area contributed by atoms with Crippen molar-refractivity contribution in [2.45, 2.75) is 20.8 Å². The number of carbonyl (C=O) groups is 1. The Morgan fingerprint density at radius 2 is 1.94 bits per heavy atom. The van der Waals surface area contributed by atoms with Crippen molar-refractivity contribution in [1.29, 1.82) is 0 Å². The van der Waals surface area contributed by atoms with Crippen molar-refractivity contribution in [3.8, 4) is 0 Å². The van der Waals surface area contributed by atoms with Crippen LogP contribution in [-0.4, -0.2) is 22.8 Å². The first-order chi connectivity index (χ1) is 8.54. The molecule has 1 heterocycles. The molecule has 0 N–H and O–H groups in total. The van der Waals surface area contributed by atoms with E-state index in [1.807, 2.05) is 26.0 Å². The van der Waals surface area contributed by atoms with E-state index in [9.17, 15) is 4.79 Å². The molecule has 4 nitrogen and oxygen atoms in total. The number of fused-ring (bicyclic) bond motifs is 1. The minimum absolute atomic E-state index is 0.0641. The topological polar surface area (TPSA) is 52.1 Å². The van der Waals surface area contributed by atoms with Crippen LogP contribution < -0.4 is 0 Å². The fraction of sp³-hybridized carbons (Fsp3) is 0.308. The summed E-state index contributed by atoms with van der Waals surface area (Å²) in [6, 6.07) is 3.81. The van der Waals surface area contributed by atoms with Gasteiger partial charge in [0, 0.05) is 5.39 Å². The maximum Gasteiger partial charge on any atom is 0.360 e. The van der Waals surface area contributed by atoms with Crippen LogP contribution in [0.25, 0.3) is 10.9 Å². The van der Waals surface area contributed by atoms with E-state index in [-0.39, 0.29) is 12.3 Å². The molecule has 0 fully saturated rings. The third kappa shape index (κ3) is 2.16. The van der Waals surface area contributed by atoms with Crippen LogP contribution in [0.5, 0.6) is 0 Å². The van der Waals surface area contributed by atoms with Crippen molar-refractivity contribution in [3.63, 3.8) is 0 Å². The number of esters is 1. The molecule has 1 aromatic heterocycles. The van der Waals surface area contributed by atoms with Crippen LogP contribution in [0, 0.1) is 13.8 Å². The van der Waals surface area contributed by atoms with E-state index in [1.165, 1.54) is 0 Å². The van der Waals surface area contributed by atoms with Crippen LogP contribution in [0.4, 0.5) is 0 Å². The maximum atomic E-state index is 11.7. The normalized spacial score (nSPS) is 10.7. The van der Waals surface area contributed by atoms with Crippen LogP contribution in [0.2, 0.25) is 5.02 Å². The summed E-state index contributed by atoms with van der Waals surface area (Å²) in [6.45, 7) is 5.98. The first-order valence-corrected chi connectivity index (χ1v) is 6.02. The summed E-state index contributed by atoms with van der Waals surface area (Å²) < 4.78 is 4.89. The maximum absolute atomic E-state index is 11.7. The number of aromatic nitrogens is 2. The molecule has 94 valence electrons. The van der Waals surface area contributed by atoms with Gasteiger partial charge in [-0.2, -0.15) is 0 Å². The molecule has 0 bridgehead atoms. The number of hydrogen-bond acceptors (Lipinski definition) is 4. The molecule has 0 saturated carbocycles. The fourth-order valence-electron chi connectivity index (χ4n) is 1.66. The third-order valence-corrected chi connectivity index (χ3v) is 3.17. The van der Waals surface area contributed by atoms with Gasteiger partial charge in [-0.15, -0.1) is 10.2 Å². The zero-order chi connectivity index (χ0) is 13.3. The van der Waals surface area contributed by atoms with Gasteiger partial charge in [0.1, 0.15) is 0 Å². The molecule has 0 spiro atoms. The summed E-state index contributed by atoms with van der Waals surface area (Å²) in [6.07, 6.45) is 0. The summed E-state index contributed by atoms with van der Waals surface area (Å²) in [5, 5.41) is 8.86. The van der Waals surface area contributed by atoms with Crippen LogP contribution in [0.15, 0.2) is 12.1 Å². The van der Waals surface area contributed by atoms with Crippen LogP contribution in [0.3, 0.4) is 0 Å². The Hall–Kier alpha value is -1.68. The van der Waals surface area contributed by atoms with Gasteiger partial charge in [-0.1, -0.05) is 11.6 Å². The van der Waals surface area contributed by atoms with E-state index in [1.54, 1.807) is 6.92 Å². The number of benzene rings is 1. The van der Waals surface area contributed by atoms with Gasteiger partial charge in [-0.05, 0) is 44.0 Å². The number of rotatable bonds is 2. The van der Waals surface area contributed by atoms with Crippen molar-refractivity contribution in [1.82, 2.24) is 10.2 Å². The van der Waals surface area contributed by atoms with Gasteiger partial charge in [0.15, 0.2) is 5.69 Å². The largest absolute Gasteiger partial charge is 0.461 e. The lowest BCUT2D eigenvalue weighted by Crippen LogP contribution is -2.09. The zero-order valence-corrected chi connectivity index (χ0v) is 11.2. The number of nitrogens with zero attached hydrogens (tertiary/aromatic N) is 2. The second-order valence-corrected chi connectivity index (χ2v) is 4.41. The molecule has 0 aliphatic rings. The molecule has 0 aliphatic heterocycles. The van der Waals surface area contributed by atoms with E-state index in [4.69, 9.17) is 16.3 Å². The molecular formula is C13H13ClN2O2. The van der Waals surface area contributed by atoms with Gasteiger partial charge in [0.05, 0.1) is 17.1 Å². The van der Waals surface area contributed by atoms with Crippen LogP contribution in [-0.2, 0) is 4.74 Å². The molecule has 0 amide bonds. The van der Waals surface area contributed by atoms with E-state index in [0.717, 1.165) is 16.5 Å². The Morgan fingerprint density at radius 3 is 2.61 bits per heavy atom. The number of ether oxygens (including phenoxy) is 1. The van der Waals surface area contributed by atoms with Gasteiger partial charge in [0.25, 0.3) is 0 Å². The molecule has 0 atom stereocenters. The van der Waals surface area contributed by atoms with Crippen molar-refractivity contribution < 1.29 is 9.53 Å². The Kier molecular flexibility index (Phi) is 3.48. The predicted octanol–water partition coefficient (Wildman–Crippen LogP) is 3.08. The summed E-state index contributed by atoms with van der Waals surface area (Å²) in [5.74, 6) is -0.546. The highest BCUT2D eigenvalue weighted by Crippen LogP contribution is 2.27. The summed E-state index contributed by atoms with van der Waals surface area (Å²) in [4.78, 5) is 11.7. The number of aryl methyl sites for hydroxylation is 2. The molecule has 2 aromatic rings. The lowest BCUT2D eigenvalue weighted by molar-refractivity contribution is 0.0518. The average molecular weight is 265 g/mol. The smallest absolute Gasteiger partial charge is 0.360 e. The Bertz CT molecular complexity index is 626. The molecule has 5 heteroatoms. The highest BCUT2D eigenvalue weighted by molar-refractivity contribution is 6.37. The van der Waals surface area contributed by atoms with Crippen LogP contribution >= 0.6 is 11.6 Å². The minimum atomic E-state index is -0.546. The molecule has 0 aliphatic carbocycles. The molecule has 0 unspecified atom stereocenters. The predicted molar refractivity (Wildman–Crippen MR) is 70.0 cm³/mol. The van der Waals surface area contributed by atoms with E-state index in [2.05, 4.69) is 10.2 Å². The lowest BCUT2D eigenvalue weighted by Gasteiger charge is -2.07. The first-order valence-electron chi connectivity index (χ1n) is 5.64. The molecule has 0 radical (unpaired) electrons. The average Bonchev–Trinajstić information content (AvgIpc) is 2.32. The van der Waals surface area contributed by atoms with Gasteiger partial charge in [-0.3, -0.25) is 0 Å². The van der Waals surface area contributed by atoms with Crippen molar-refractivity contribution in [3.05, 3.63) is 34.0 Å². The lowest BCUT2D eigenvalue weighted by atomic mass is 10.1. The highest BCUT2D eigenvalue weighted by Gasteiger charge is 2.17. The Balaban J connectivity index is 2.63. The molecule has 1 aromatic carbocycles. The van der Waals surface area contributed by atoms with Gasteiger partial charge in [-0.25, -0.2) is 4.79 Å². The van der Waals surface area contributed by atoms with Gasteiger partial charge >= 0.3 is 5.97 Å². The van der Waals surface area contributed by atoms with Crippen LogP contribution in [0.1, 0.15) is 28.5 Å². The number of halogens is 1. The zero-order valence-electron chi connectivity index (χ0n) is 10.5. The number of hydrogen-bond donors (Lipinski definition) is 0. The SMILES string of the molecule is CCOC(=O)c1nnc2cc(C)c(C)cc2c1Cl. The van der Waals surface area contributed by atoms with Crippen molar-refractivity contribution in [2.24, 2.45) is 0 Å². The molecule has 2 rings (SSSR count). The van der Waals surface area contributed by atoms with Crippen molar-refractivity contribution in [2.75, 3.05) is 6.61 Å². The Labute approximate surface area is 110 Å². The summed E-state index contributed by atoms with van der Waals surface area (Å²) >= 11 is 6.19. The minimum Gasteiger partial charge on any atom is -0.461 e. The van der Waals surface area contributed by atoms with E-state index >= 15 is 0 Å². The third-order valence-electron chi connectivity index (χ3n) is 2.78. The summed E-state index contributed by atoms with van der Waals surface area (Å²) in [7, 11) is 0. The van der Waals surface area contributed by atoms with Gasteiger partial charge < -0.3 is 4.74 Å². The summed E-state index contributed by atoms with van der Waals surface area (Å²) in [5.41, 5.74) is 2.94. The van der Waals surface area contributed by atoms with E-state index in [0.29, 0.717) is 10.5 Å². The molecule has 0 saturated heterocycles. The fourth-order valence-corrected chi connectivity index (χ4v) is 1.93. The quantitative estimate of drug-likeness (QED) is 0.782. The monoisotopic (exact) mass is 264 g/mol. The highest BCUT2D eigenvalue weighted by atomic mass is 35.5. The molecule has 18 heavy (non-hydrogen) atoms. The van der Waals surface area contributed by atoms with E-state index < -0.39 is 5.97 Å². The Morgan fingerprint density at radius 1 is 1.28 bits per heavy atom. The number of carbonyl (C=O) groups excluding carboxylic acids is 1. The van der Waals surface area contributed by atoms with Gasteiger partial charge in [0.2, 0.25) is 0 Å².